The SMILES string of the molecule is CCCc1ccccc1Nc1nc2ccc(Cl)cc2s1. The number of halogens is 1. The van der Waals surface area contributed by atoms with Crippen molar-refractivity contribution in [2.75, 3.05) is 5.32 Å². The maximum atomic E-state index is 6.01. The molecule has 4 heteroatoms. The standard InChI is InChI=1S/C16H15ClN2S/c1-2-5-11-6-3-4-7-13(11)18-16-19-14-9-8-12(17)10-15(14)20-16/h3-4,6-10H,2,5H2,1H3,(H,18,19). The molecule has 1 heterocycles. The number of nitrogens with one attached hydrogen (secondary N) is 1. The number of anilines is 2. The second kappa shape index (κ2) is 5.81. The molecule has 102 valence electrons. The van der Waals surface area contributed by atoms with E-state index in [4.69, 9.17) is 11.6 Å². The molecule has 1 aromatic heterocycles. The summed E-state index contributed by atoms with van der Waals surface area (Å²) in [5.74, 6) is 0. The first-order valence-corrected chi connectivity index (χ1v) is 7.86. The molecule has 0 aliphatic carbocycles. The van der Waals surface area contributed by atoms with Crippen LogP contribution < -0.4 is 5.32 Å². The minimum atomic E-state index is 0.749. The van der Waals surface area contributed by atoms with Gasteiger partial charge in [-0.05, 0) is 36.2 Å². The Kier molecular flexibility index (Phi) is 3.90. The Bertz CT molecular complexity index is 736. The number of para-hydroxylation sites is 1. The topological polar surface area (TPSA) is 24.9 Å². The van der Waals surface area contributed by atoms with Gasteiger partial charge in [-0.1, -0.05) is 54.5 Å². The van der Waals surface area contributed by atoms with Crippen molar-refractivity contribution in [1.82, 2.24) is 4.98 Å². The number of thiazole rings is 1. The summed E-state index contributed by atoms with van der Waals surface area (Å²) in [5, 5.41) is 5.09. The fourth-order valence-corrected chi connectivity index (χ4v) is 3.35. The van der Waals surface area contributed by atoms with Crippen molar-refractivity contribution in [3.63, 3.8) is 0 Å². The first-order chi connectivity index (χ1) is 9.76. The van der Waals surface area contributed by atoms with Gasteiger partial charge in [0, 0.05) is 10.7 Å². The van der Waals surface area contributed by atoms with Crippen molar-refractivity contribution in [3.8, 4) is 0 Å². The first kappa shape index (κ1) is 13.4. The second-order valence-corrected chi connectivity index (χ2v) is 6.13. The lowest BCUT2D eigenvalue weighted by molar-refractivity contribution is 0.923. The van der Waals surface area contributed by atoms with Crippen molar-refractivity contribution in [2.24, 2.45) is 0 Å². The van der Waals surface area contributed by atoms with Crippen LogP contribution in [-0.2, 0) is 6.42 Å². The van der Waals surface area contributed by atoms with Crippen molar-refractivity contribution in [2.45, 2.75) is 19.8 Å². The molecule has 3 aromatic rings. The zero-order chi connectivity index (χ0) is 13.9. The molecule has 3 rings (SSSR count). The normalized spacial score (nSPS) is 10.9. The maximum Gasteiger partial charge on any atom is 0.188 e. The predicted octanol–water partition coefficient (Wildman–Crippen LogP) is 5.65. The van der Waals surface area contributed by atoms with Crippen LogP contribution in [0.3, 0.4) is 0 Å². The minimum Gasteiger partial charge on any atom is -0.331 e. The van der Waals surface area contributed by atoms with Gasteiger partial charge in [-0.3, -0.25) is 0 Å². The van der Waals surface area contributed by atoms with Crippen LogP contribution in [0.1, 0.15) is 18.9 Å². The van der Waals surface area contributed by atoms with Gasteiger partial charge >= 0.3 is 0 Å². The molecule has 0 saturated carbocycles. The molecule has 0 atom stereocenters. The molecule has 0 aliphatic heterocycles. The zero-order valence-corrected chi connectivity index (χ0v) is 12.8. The van der Waals surface area contributed by atoms with E-state index >= 15 is 0 Å². The molecular weight excluding hydrogens is 288 g/mol. The summed E-state index contributed by atoms with van der Waals surface area (Å²) in [4.78, 5) is 4.60. The highest BCUT2D eigenvalue weighted by molar-refractivity contribution is 7.22. The molecular formula is C16H15ClN2S. The van der Waals surface area contributed by atoms with Crippen molar-refractivity contribution >= 4 is 44.0 Å². The summed E-state index contributed by atoms with van der Waals surface area (Å²) in [6.07, 6.45) is 2.20. The molecule has 2 aromatic carbocycles. The number of hydrogen-bond donors (Lipinski definition) is 1. The maximum absolute atomic E-state index is 6.01. The highest BCUT2D eigenvalue weighted by Crippen LogP contribution is 2.31. The summed E-state index contributed by atoms with van der Waals surface area (Å²) in [6.45, 7) is 2.19. The van der Waals surface area contributed by atoms with Gasteiger partial charge in [0.15, 0.2) is 5.13 Å². The van der Waals surface area contributed by atoms with Crippen LogP contribution in [0.5, 0.6) is 0 Å². The molecule has 0 unspecified atom stereocenters. The number of benzene rings is 2. The molecule has 20 heavy (non-hydrogen) atoms. The number of fused-ring (bicyclic) bond motifs is 1. The van der Waals surface area contributed by atoms with Gasteiger partial charge in [0.1, 0.15) is 0 Å². The van der Waals surface area contributed by atoms with Crippen LogP contribution in [0.2, 0.25) is 5.02 Å². The quantitative estimate of drug-likeness (QED) is 0.674. The molecule has 0 bridgehead atoms. The Morgan fingerprint density at radius 1 is 1.20 bits per heavy atom. The summed E-state index contributed by atoms with van der Waals surface area (Å²) in [6, 6.07) is 14.2. The largest absolute Gasteiger partial charge is 0.331 e. The third-order valence-electron chi connectivity index (χ3n) is 3.13. The van der Waals surface area contributed by atoms with Crippen LogP contribution in [0.15, 0.2) is 42.5 Å². The Hall–Kier alpha value is -1.58. The lowest BCUT2D eigenvalue weighted by Crippen LogP contribution is -1.95. The summed E-state index contributed by atoms with van der Waals surface area (Å²) < 4.78 is 1.10. The Morgan fingerprint density at radius 2 is 2.05 bits per heavy atom. The molecule has 1 N–H and O–H groups in total. The number of aromatic nitrogens is 1. The van der Waals surface area contributed by atoms with Gasteiger partial charge in [-0.25, -0.2) is 4.98 Å². The average molecular weight is 303 g/mol. The zero-order valence-electron chi connectivity index (χ0n) is 11.2. The van der Waals surface area contributed by atoms with E-state index in [1.807, 2.05) is 24.3 Å². The van der Waals surface area contributed by atoms with E-state index in [1.165, 1.54) is 5.56 Å². The lowest BCUT2D eigenvalue weighted by atomic mass is 10.1. The van der Waals surface area contributed by atoms with Crippen LogP contribution in [0, 0.1) is 0 Å². The van der Waals surface area contributed by atoms with Gasteiger partial charge < -0.3 is 5.32 Å². The van der Waals surface area contributed by atoms with E-state index in [9.17, 15) is 0 Å². The van der Waals surface area contributed by atoms with E-state index in [1.54, 1.807) is 11.3 Å². The Morgan fingerprint density at radius 3 is 2.90 bits per heavy atom. The Balaban J connectivity index is 1.93. The number of rotatable bonds is 4. The fourth-order valence-electron chi connectivity index (χ4n) is 2.20. The average Bonchev–Trinajstić information content (AvgIpc) is 2.82. The highest BCUT2D eigenvalue weighted by Gasteiger charge is 2.06. The molecule has 0 aliphatic rings. The number of nitrogens with zero attached hydrogens (tertiary/aromatic N) is 1. The van der Waals surface area contributed by atoms with E-state index in [-0.39, 0.29) is 0 Å². The first-order valence-electron chi connectivity index (χ1n) is 6.67. The fraction of sp³-hybridized carbons (Fsp3) is 0.188. The monoisotopic (exact) mass is 302 g/mol. The van der Waals surface area contributed by atoms with Gasteiger partial charge in [-0.2, -0.15) is 0 Å². The van der Waals surface area contributed by atoms with Crippen LogP contribution in [-0.4, -0.2) is 4.98 Å². The molecule has 0 saturated heterocycles. The number of aryl methyl sites for hydroxylation is 1. The van der Waals surface area contributed by atoms with E-state index in [2.05, 4.69) is 35.4 Å². The summed E-state index contributed by atoms with van der Waals surface area (Å²) in [5.41, 5.74) is 3.45. The van der Waals surface area contributed by atoms with Crippen LogP contribution >= 0.6 is 22.9 Å². The predicted molar refractivity (Wildman–Crippen MR) is 88.3 cm³/mol. The molecule has 2 nitrogen and oxygen atoms in total. The third-order valence-corrected chi connectivity index (χ3v) is 4.30. The smallest absolute Gasteiger partial charge is 0.188 e. The molecule has 0 radical (unpaired) electrons. The van der Waals surface area contributed by atoms with Gasteiger partial charge in [0.2, 0.25) is 0 Å². The van der Waals surface area contributed by atoms with E-state index in [0.717, 1.165) is 38.9 Å². The minimum absolute atomic E-state index is 0.749. The van der Waals surface area contributed by atoms with Gasteiger partial charge in [0.05, 0.1) is 10.2 Å². The number of hydrogen-bond acceptors (Lipinski definition) is 3. The van der Waals surface area contributed by atoms with Crippen molar-refractivity contribution in [3.05, 3.63) is 53.1 Å². The Labute approximate surface area is 127 Å². The molecule has 0 fully saturated rings. The summed E-state index contributed by atoms with van der Waals surface area (Å²) in [7, 11) is 0. The van der Waals surface area contributed by atoms with Gasteiger partial charge in [-0.15, -0.1) is 0 Å². The van der Waals surface area contributed by atoms with Crippen LogP contribution in [0.25, 0.3) is 10.2 Å². The third kappa shape index (κ3) is 2.79. The lowest BCUT2D eigenvalue weighted by Gasteiger charge is -2.08. The van der Waals surface area contributed by atoms with E-state index < -0.39 is 0 Å². The highest BCUT2D eigenvalue weighted by atomic mass is 35.5. The molecule has 0 spiro atoms. The second-order valence-electron chi connectivity index (χ2n) is 4.66. The van der Waals surface area contributed by atoms with Crippen molar-refractivity contribution in [1.29, 1.82) is 0 Å². The van der Waals surface area contributed by atoms with E-state index in [0.29, 0.717) is 0 Å². The summed E-state index contributed by atoms with van der Waals surface area (Å²) >= 11 is 7.64. The van der Waals surface area contributed by atoms with Crippen LogP contribution in [0.4, 0.5) is 10.8 Å². The van der Waals surface area contributed by atoms with Gasteiger partial charge in [0.25, 0.3) is 0 Å². The van der Waals surface area contributed by atoms with Crippen molar-refractivity contribution < 1.29 is 0 Å². The molecule has 0 amide bonds.